The molecule has 0 aromatic heterocycles. The predicted octanol–water partition coefficient (Wildman–Crippen LogP) is 3.98. The summed E-state index contributed by atoms with van der Waals surface area (Å²) in [6.07, 6.45) is 1.17. The summed E-state index contributed by atoms with van der Waals surface area (Å²) in [5.74, 6) is 1.53. The average molecular weight is 241 g/mol. The van der Waals surface area contributed by atoms with Crippen LogP contribution in [0.1, 0.15) is 38.8 Å². The van der Waals surface area contributed by atoms with Gasteiger partial charge in [-0.1, -0.05) is 20.3 Å². The van der Waals surface area contributed by atoms with E-state index in [1.165, 1.54) is 12.5 Å². The number of hydrogen-bond donors (Lipinski definition) is 1. The van der Waals surface area contributed by atoms with E-state index < -0.39 is 0 Å². The van der Waals surface area contributed by atoms with E-state index in [9.17, 15) is 4.39 Å². The number of thioether (sulfide) groups is 1. The van der Waals surface area contributed by atoms with E-state index in [2.05, 4.69) is 13.8 Å². The summed E-state index contributed by atoms with van der Waals surface area (Å²) in [4.78, 5) is 1.11. The largest absolute Gasteiger partial charge is 0.324 e. The first-order valence-corrected chi connectivity index (χ1v) is 6.71. The summed E-state index contributed by atoms with van der Waals surface area (Å²) in [6, 6.07) is 4.77. The third kappa shape index (κ3) is 3.80. The molecule has 2 atom stereocenters. The summed E-state index contributed by atoms with van der Waals surface area (Å²) < 4.78 is 13.1. The van der Waals surface area contributed by atoms with Gasteiger partial charge in [0, 0.05) is 16.7 Å². The van der Waals surface area contributed by atoms with Crippen molar-refractivity contribution in [1.29, 1.82) is 0 Å². The molecule has 0 saturated carbocycles. The molecule has 0 amide bonds. The Morgan fingerprint density at radius 3 is 2.62 bits per heavy atom. The maximum Gasteiger partial charge on any atom is 0.123 e. The maximum absolute atomic E-state index is 13.1. The zero-order valence-corrected chi connectivity index (χ0v) is 11.0. The molecular formula is C13H20FNS. The van der Waals surface area contributed by atoms with Crippen molar-refractivity contribution in [1.82, 2.24) is 0 Å². The Hall–Kier alpha value is -0.540. The Bertz CT molecular complexity index is 339. The molecule has 0 fully saturated rings. The molecule has 1 aromatic carbocycles. The highest BCUT2D eigenvalue weighted by Gasteiger charge is 2.10. The van der Waals surface area contributed by atoms with Crippen molar-refractivity contribution >= 4 is 11.8 Å². The Balaban J connectivity index is 2.78. The molecule has 0 aliphatic rings. The molecule has 1 aromatic rings. The van der Waals surface area contributed by atoms with Crippen LogP contribution in [0.5, 0.6) is 0 Å². The second-order valence-electron chi connectivity index (χ2n) is 4.30. The highest BCUT2D eigenvalue weighted by Crippen LogP contribution is 2.29. The molecule has 0 aliphatic heterocycles. The van der Waals surface area contributed by atoms with Crippen molar-refractivity contribution in [3.63, 3.8) is 0 Å². The van der Waals surface area contributed by atoms with E-state index in [-0.39, 0.29) is 11.9 Å². The van der Waals surface area contributed by atoms with Crippen LogP contribution in [-0.4, -0.2) is 5.75 Å². The van der Waals surface area contributed by atoms with E-state index in [0.29, 0.717) is 5.92 Å². The fourth-order valence-electron chi connectivity index (χ4n) is 1.36. The minimum Gasteiger partial charge on any atom is -0.324 e. The van der Waals surface area contributed by atoms with E-state index in [1.54, 1.807) is 17.8 Å². The van der Waals surface area contributed by atoms with Crippen LogP contribution < -0.4 is 5.73 Å². The molecule has 1 unspecified atom stereocenters. The van der Waals surface area contributed by atoms with Crippen LogP contribution in [0.4, 0.5) is 4.39 Å². The SMILES string of the molecule is CCC(C)CSc1ccc(F)cc1[C@@H](C)N. The van der Waals surface area contributed by atoms with Crippen LogP contribution in [0.3, 0.4) is 0 Å². The first kappa shape index (κ1) is 13.5. The molecule has 0 saturated heterocycles. The lowest BCUT2D eigenvalue weighted by Crippen LogP contribution is -2.07. The standard InChI is InChI=1S/C13H20FNS/c1-4-9(2)8-16-13-6-5-11(14)7-12(13)10(3)15/h5-7,9-10H,4,8,15H2,1-3H3/t9?,10-/m1/s1. The number of rotatable bonds is 5. The highest BCUT2D eigenvalue weighted by molar-refractivity contribution is 7.99. The van der Waals surface area contributed by atoms with Gasteiger partial charge in [0.05, 0.1) is 0 Å². The molecular weight excluding hydrogens is 221 g/mol. The second-order valence-corrected chi connectivity index (χ2v) is 5.36. The Morgan fingerprint density at radius 2 is 2.06 bits per heavy atom. The molecule has 0 heterocycles. The zero-order chi connectivity index (χ0) is 12.1. The van der Waals surface area contributed by atoms with Crippen molar-refractivity contribution in [2.75, 3.05) is 5.75 Å². The van der Waals surface area contributed by atoms with Gasteiger partial charge in [-0.3, -0.25) is 0 Å². The first-order valence-electron chi connectivity index (χ1n) is 5.72. The molecule has 2 N–H and O–H groups in total. The summed E-state index contributed by atoms with van der Waals surface area (Å²) in [6.45, 7) is 6.30. The molecule has 1 nitrogen and oxygen atoms in total. The monoisotopic (exact) mass is 241 g/mol. The summed E-state index contributed by atoms with van der Waals surface area (Å²) in [7, 11) is 0. The van der Waals surface area contributed by atoms with Crippen LogP contribution in [-0.2, 0) is 0 Å². The fourth-order valence-corrected chi connectivity index (χ4v) is 2.63. The van der Waals surface area contributed by atoms with Crippen molar-refractivity contribution in [2.24, 2.45) is 11.7 Å². The topological polar surface area (TPSA) is 26.0 Å². The lowest BCUT2D eigenvalue weighted by atomic mass is 10.1. The van der Waals surface area contributed by atoms with Crippen molar-refractivity contribution in [2.45, 2.75) is 38.1 Å². The van der Waals surface area contributed by atoms with Gasteiger partial charge in [-0.05, 0) is 36.6 Å². The molecule has 90 valence electrons. The lowest BCUT2D eigenvalue weighted by Gasteiger charge is -2.14. The number of benzene rings is 1. The molecule has 0 spiro atoms. The minimum atomic E-state index is -0.208. The van der Waals surface area contributed by atoms with Crippen LogP contribution >= 0.6 is 11.8 Å². The van der Waals surface area contributed by atoms with Gasteiger partial charge >= 0.3 is 0 Å². The number of nitrogens with two attached hydrogens (primary N) is 1. The van der Waals surface area contributed by atoms with E-state index in [0.717, 1.165) is 16.2 Å². The van der Waals surface area contributed by atoms with Crippen molar-refractivity contribution in [3.8, 4) is 0 Å². The van der Waals surface area contributed by atoms with E-state index in [4.69, 9.17) is 5.73 Å². The van der Waals surface area contributed by atoms with E-state index in [1.807, 2.05) is 13.0 Å². The Labute approximate surface area is 102 Å². The smallest absolute Gasteiger partial charge is 0.123 e. The van der Waals surface area contributed by atoms with Crippen LogP contribution in [0.15, 0.2) is 23.1 Å². The first-order chi connectivity index (χ1) is 7.54. The van der Waals surface area contributed by atoms with Gasteiger partial charge in [0.15, 0.2) is 0 Å². The quantitative estimate of drug-likeness (QED) is 0.789. The molecule has 16 heavy (non-hydrogen) atoms. The predicted molar refractivity (Wildman–Crippen MR) is 69.2 cm³/mol. The summed E-state index contributed by atoms with van der Waals surface area (Å²) in [5.41, 5.74) is 6.75. The second kappa shape index (κ2) is 6.26. The summed E-state index contributed by atoms with van der Waals surface area (Å²) in [5, 5.41) is 0. The maximum atomic E-state index is 13.1. The molecule has 0 aliphatic carbocycles. The normalized spacial score (nSPS) is 14.8. The van der Waals surface area contributed by atoms with Crippen molar-refractivity contribution < 1.29 is 4.39 Å². The van der Waals surface area contributed by atoms with Gasteiger partial charge in [0.1, 0.15) is 5.82 Å². The van der Waals surface area contributed by atoms with E-state index >= 15 is 0 Å². The molecule has 0 radical (unpaired) electrons. The number of halogens is 1. The van der Waals surface area contributed by atoms with Gasteiger partial charge in [-0.2, -0.15) is 0 Å². The summed E-state index contributed by atoms with van der Waals surface area (Å²) >= 11 is 1.77. The van der Waals surface area contributed by atoms with Crippen LogP contribution in [0, 0.1) is 11.7 Å². The van der Waals surface area contributed by atoms with Gasteiger partial charge in [0.25, 0.3) is 0 Å². The number of hydrogen-bond acceptors (Lipinski definition) is 2. The average Bonchev–Trinajstić information content (AvgIpc) is 2.26. The zero-order valence-electron chi connectivity index (χ0n) is 10.2. The molecule has 0 bridgehead atoms. The fraction of sp³-hybridized carbons (Fsp3) is 0.538. The third-order valence-electron chi connectivity index (χ3n) is 2.68. The Kier molecular flexibility index (Phi) is 5.29. The van der Waals surface area contributed by atoms with Gasteiger partial charge in [0.2, 0.25) is 0 Å². The Morgan fingerprint density at radius 1 is 1.38 bits per heavy atom. The van der Waals surface area contributed by atoms with Crippen LogP contribution in [0.25, 0.3) is 0 Å². The van der Waals surface area contributed by atoms with Crippen LogP contribution in [0.2, 0.25) is 0 Å². The molecule has 1 rings (SSSR count). The minimum absolute atomic E-state index is 0.116. The lowest BCUT2D eigenvalue weighted by molar-refractivity contribution is 0.618. The third-order valence-corrected chi connectivity index (χ3v) is 4.10. The van der Waals surface area contributed by atoms with Crippen molar-refractivity contribution in [3.05, 3.63) is 29.6 Å². The highest BCUT2D eigenvalue weighted by atomic mass is 32.2. The van der Waals surface area contributed by atoms with Gasteiger partial charge < -0.3 is 5.73 Å². The van der Waals surface area contributed by atoms with Gasteiger partial charge in [-0.25, -0.2) is 4.39 Å². The van der Waals surface area contributed by atoms with Gasteiger partial charge in [-0.15, -0.1) is 11.8 Å². The molecule has 3 heteroatoms.